The summed E-state index contributed by atoms with van der Waals surface area (Å²) >= 11 is 3.95. The van der Waals surface area contributed by atoms with E-state index in [-0.39, 0.29) is 12.5 Å². The summed E-state index contributed by atoms with van der Waals surface area (Å²) in [5.74, 6) is 1.81. The highest BCUT2D eigenvalue weighted by atomic mass is 127. The van der Waals surface area contributed by atoms with E-state index >= 15 is 0 Å². The van der Waals surface area contributed by atoms with Gasteiger partial charge in [-0.2, -0.15) is 11.8 Å². The fourth-order valence-electron chi connectivity index (χ4n) is 1.42. The molecular formula is C13H18INO2S. The van der Waals surface area contributed by atoms with Crippen molar-refractivity contribution in [2.75, 3.05) is 24.7 Å². The van der Waals surface area contributed by atoms with Crippen LogP contribution in [0.4, 0.5) is 0 Å². The molecule has 1 rings (SSSR count). The van der Waals surface area contributed by atoms with Crippen LogP contribution in [0.1, 0.15) is 22.3 Å². The van der Waals surface area contributed by atoms with Gasteiger partial charge >= 0.3 is 0 Å². The van der Waals surface area contributed by atoms with E-state index in [4.69, 9.17) is 5.11 Å². The molecule has 100 valence electrons. The molecule has 0 heterocycles. The summed E-state index contributed by atoms with van der Waals surface area (Å²) in [6, 6.07) is 5.76. The van der Waals surface area contributed by atoms with Gasteiger partial charge in [-0.1, -0.05) is 12.1 Å². The Morgan fingerprint density at radius 1 is 1.44 bits per heavy atom. The molecule has 1 aromatic carbocycles. The second-order valence-corrected chi connectivity index (χ2v) is 6.19. The first-order valence-electron chi connectivity index (χ1n) is 5.88. The molecule has 0 saturated carbocycles. The second-order valence-electron chi connectivity index (χ2n) is 3.88. The van der Waals surface area contributed by atoms with Crippen molar-refractivity contribution >= 4 is 40.3 Å². The summed E-state index contributed by atoms with van der Waals surface area (Å²) in [5, 5.41) is 11.5. The van der Waals surface area contributed by atoms with E-state index in [0.717, 1.165) is 32.6 Å². The number of aliphatic hydroxyl groups excluding tert-OH is 1. The first kappa shape index (κ1) is 15.8. The lowest BCUT2D eigenvalue weighted by Crippen LogP contribution is -2.26. The number of carbonyl (C=O) groups excluding carboxylic acids is 1. The van der Waals surface area contributed by atoms with E-state index in [9.17, 15) is 4.79 Å². The van der Waals surface area contributed by atoms with Gasteiger partial charge in [-0.25, -0.2) is 0 Å². The van der Waals surface area contributed by atoms with E-state index < -0.39 is 0 Å². The molecule has 18 heavy (non-hydrogen) atoms. The zero-order chi connectivity index (χ0) is 13.4. The van der Waals surface area contributed by atoms with Crippen molar-refractivity contribution in [2.24, 2.45) is 0 Å². The summed E-state index contributed by atoms with van der Waals surface area (Å²) in [6.07, 6.45) is 0.814. The third kappa shape index (κ3) is 5.16. The second kappa shape index (κ2) is 8.77. The Kier molecular flexibility index (Phi) is 7.69. The molecule has 5 heteroatoms. The SMILES string of the molecule is Cc1cccc(C(=O)NCCSCCCO)c1I. The maximum Gasteiger partial charge on any atom is 0.252 e. The molecule has 3 nitrogen and oxygen atoms in total. The molecule has 0 aliphatic carbocycles. The minimum absolute atomic E-state index is 0.00846. The molecule has 0 atom stereocenters. The van der Waals surface area contributed by atoms with Crippen molar-refractivity contribution in [1.29, 1.82) is 0 Å². The van der Waals surface area contributed by atoms with Crippen LogP contribution < -0.4 is 5.32 Å². The van der Waals surface area contributed by atoms with Crippen LogP contribution in [0.2, 0.25) is 0 Å². The third-order valence-electron chi connectivity index (χ3n) is 2.42. The van der Waals surface area contributed by atoms with Crippen molar-refractivity contribution in [3.63, 3.8) is 0 Å². The van der Waals surface area contributed by atoms with Crippen LogP contribution in [0.15, 0.2) is 18.2 Å². The van der Waals surface area contributed by atoms with E-state index in [1.807, 2.05) is 25.1 Å². The molecular weight excluding hydrogens is 361 g/mol. The molecule has 1 aromatic rings. The van der Waals surface area contributed by atoms with Gasteiger partial charge in [0.05, 0.1) is 5.56 Å². The number of rotatable bonds is 7. The van der Waals surface area contributed by atoms with Gasteiger partial charge in [0, 0.05) is 22.5 Å². The molecule has 0 saturated heterocycles. The fourth-order valence-corrected chi connectivity index (χ4v) is 2.81. The van der Waals surface area contributed by atoms with Crippen molar-refractivity contribution < 1.29 is 9.90 Å². The molecule has 0 unspecified atom stereocenters. The Balaban J connectivity index is 2.35. The molecule has 0 aromatic heterocycles. The zero-order valence-corrected chi connectivity index (χ0v) is 13.4. The van der Waals surface area contributed by atoms with Gasteiger partial charge < -0.3 is 10.4 Å². The number of amides is 1. The van der Waals surface area contributed by atoms with Crippen LogP contribution in [0.25, 0.3) is 0 Å². The van der Waals surface area contributed by atoms with Crippen molar-refractivity contribution in [2.45, 2.75) is 13.3 Å². The molecule has 0 bridgehead atoms. The Morgan fingerprint density at radius 2 is 2.22 bits per heavy atom. The molecule has 0 aliphatic heterocycles. The standard InChI is InChI=1S/C13H18INO2S/c1-10-4-2-5-11(12(10)14)13(17)15-6-9-18-8-3-7-16/h2,4-5,16H,3,6-9H2,1H3,(H,15,17). The Morgan fingerprint density at radius 3 is 2.94 bits per heavy atom. The van der Waals surface area contributed by atoms with Gasteiger partial charge in [0.15, 0.2) is 0 Å². The smallest absolute Gasteiger partial charge is 0.252 e. The van der Waals surface area contributed by atoms with Crippen LogP contribution in [0.3, 0.4) is 0 Å². The van der Waals surface area contributed by atoms with Crippen molar-refractivity contribution in [3.05, 3.63) is 32.9 Å². The zero-order valence-electron chi connectivity index (χ0n) is 10.4. The summed E-state index contributed by atoms with van der Waals surface area (Å²) < 4.78 is 1.01. The summed E-state index contributed by atoms with van der Waals surface area (Å²) in [7, 11) is 0. The van der Waals surface area contributed by atoms with Crippen molar-refractivity contribution in [3.8, 4) is 0 Å². The van der Waals surface area contributed by atoms with Gasteiger partial charge in [-0.15, -0.1) is 0 Å². The lowest BCUT2D eigenvalue weighted by atomic mass is 10.1. The van der Waals surface area contributed by atoms with Gasteiger partial charge in [0.2, 0.25) is 0 Å². The number of aryl methyl sites for hydroxylation is 1. The number of thioether (sulfide) groups is 1. The average Bonchev–Trinajstić information content (AvgIpc) is 2.36. The Bertz CT molecular complexity index is 399. The number of hydrogen-bond acceptors (Lipinski definition) is 3. The van der Waals surface area contributed by atoms with Gasteiger partial charge in [-0.3, -0.25) is 4.79 Å². The molecule has 1 amide bonds. The predicted octanol–water partition coefficient (Wildman–Crippen LogP) is 2.45. The van der Waals surface area contributed by atoms with Crippen LogP contribution in [0, 0.1) is 10.5 Å². The number of hydrogen-bond donors (Lipinski definition) is 2. The highest BCUT2D eigenvalue weighted by Crippen LogP contribution is 2.16. The largest absolute Gasteiger partial charge is 0.396 e. The quantitative estimate of drug-likeness (QED) is 0.565. The Labute approximate surface area is 126 Å². The van der Waals surface area contributed by atoms with E-state index in [0.29, 0.717) is 6.54 Å². The summed E-state index contributed by atoms with van der Waals surface area (Å²) in [6.45, 7) is 2.91. The number of halogens is 1. The topological polar surface area (TPSA) is 49.3 Å². The molecule has 2 N–H and O–H groups in total. The first-order valence-corrected chi connectivity index (χ1v) is 8.12. The average molecular weight is 379 g/mol. The van der Waals surface area contributed by atoms with Crippen LogP contribution in [-0.2, 0) is 0 Å². The van der Waals surface area contributed by atoms with Crippen LogP contribution in [-0.4, -0.2) is 35.7 Å². The molecule has 0 aliphatic rings. The molecule has 0 spiro atoms. The van der Waals surface area contributed by atoms with E-state index in [1.165, 1.54) is 0 Å². The normalized spacial score (nSPS) is 10.4. The minimum Gasteiger partial charge on any atom is -0.396 e. The number of benzene rings is 1. The lowest BCUT2D eigenvalue weighted by molar-refractivity contribution is 0.0955. The molecule has 0 fully saturated rings. The summed E-state index contributed by atoms with van der Waals surface area (Å²) in [4.78, 5) is 11.9. The van der Waals surface area contributed by atoms with Crippen molar-refractivity contribution in [1.82, 2.24) is 5.32 Å². The van der Waals surface area contributed by atoms with Crippen LogP contribution >= 0.6 is 34.4 Å². The van der Waals surface area contributed by atoms with Crippen LogP contribution in [0.5, 0.6) is 0 Å². The number of aliphatic hydroxyl groups is 1. The summed E-state index contributed by atoms with van der Waals surface area (Å²) in [5.41, 5.74) is 1.87. The fraction of sp³-hybridized carbons (Fsp3) is 0.462. The predicted molar refractivity (Wildman–Crippen MR) is 85.3 cm³/mol. The number of nitrogens with one attached hydrogen (secondary N) is 1. The number of carbonyl (C=O) groups is 1. The van der Waals surface area contributed by atoms with E-state index in [1.54, 1.807) is 11.8 Å². The highest BCUT2D eigenvalue weighted by molar-refractivity contribution is 14.1. The third-order valence-corrected chi connectivity index (χ3v) is 4.92. The lowest BCUT2D eigenvalue weighted by Gasteiger charge is -2.08. The maximum atomic E-state index is 11.9. The molecule has 0 radical (unpaired) electrons. The maximum absolute atomic E-state index is 11.9. The minimum atomic E-state index is -0.00846. The van der Waals surface area contributed by atoms with E-state index in [2.05, 4.69) is 27.9 Å². The van der Waals surface area contributed by atoms with Gasteiger partial charge in [0.1, 0.15) is 0 Å². The highest BCUT2D eigenvalue weighted by Gasteiger charge is 2.10. The van der Waals surface area contributed by atoms with Gasteiger partial charge in [-0.05, 0) is 53.3 Å². The first-order chi connectivity index (χ1) is 8.66. The Hall–Kier alpha value is -0.270. The monoisotopic (exact) mass is 379 g/mol. The van der Waals surface area contributed by atoms with Gasteiger partial charge in [0.25, 0.3) is 5.91 Å².